The van der Waals surface area contributed by atoms with E-state index in [9.17, 15) is 14.3 Å². The lowest BCUT2D eigenvalue weighted by atomic mass is 10.1. The molecule has 2 nitrogen and oxygen atoms in total. The van der Waals surface area contributed by atoms with Crippen molar-refractivity contribution in [1.82, 2.24) is 0 Å². The number of hydrogen-bond donors (Lipinski definition) is 1. The summed E-state index contributed by atoms with van der Waals surface area (Å²) in [6.45, 7) is 0. The second-order valence-electron chi connectivity index (χ2n) is 2.36. The van der Waals surface area contributed by atoms with Crippen LogP contribution in [0.3, 0.4) is 0 Å². The van der Waals surface area contributed by atoms with Gasteiger partial charge in [-0.15, -0.1) is 0 Å². The summed E-state index contributed by atoms with van der Waals surface area (Å²) >= 11 is 10.9. The first-order valence-corrected chi connectivity index (χ1v) is 4.12. The highest BCUT2D eigenvalue weighted by molar-refractivity contribution is 6.43. The van der Waals surface area contributed by atoms with Gasteiger partial charge in [0.25, 0.3) is 0 Å². The SMILES string of the molecule is O=CCc1cc(F)c(Cl)c(Cl)c1O. The normalized spacial score (nSPS) is 10.1. The molecule has 1 N–H and O–H groups in total. The van der Waals surface area contributed by atoms with Crippen molar-refractivity contribution < 1.29 is 14.3 Å². The van der Waals surface area contributed by atoms with E-state index in [1.807, 2.05) is 0 Å². The molecular formula is C8H5Cl2FO2. The number of carbonyl (C=O) groups is 1. The van der Waals surface area contributed by atoms with Crippen LogP contribution in [-0.4, -0.2) is 11.4 Å². The zero-order valence-electron chi connectivity index (χ0n) is 6.35. The highest BCUT2D eigenvalue weighted by Gasteiger charge is 2.14. The van der Waals surface area contributed by atoms with Gasteiger partial charge in [0.1, 0.15) is 22.9 Å². The highest BCUT2D eigenvalue weighted by Crippen LogP contribution is 2.36. The van der Waals surface area contributed by atoms with E-state index >= 15 is 0 Å². The maximum absolute atomic E-state index is 12.9. The lowest BCUT2D eigenvalue weighted by molar-refractivity contribution is -0.107. The lowest BCUT2D eigenvalue weighted by Gasteiger charge is -2.05. The molecule has 70 valence electrons. The van der Waals surface area contributed by atoms with Crippen LogP contribution in [0, 0.1) is 5.82 Å². The summed E-state index contributed by atoms with van der Waals surface area (Å²) in [6, 6.07) is 0.984. The molecule has 0 saturated carbocycles. The Morgan fingerprint density at radius 2 is 2.08 bits per heavy atom. The van der Waals surface area contributed by atoms with E-state index < -0.39 is 5.82 Å². The van der Waals surface area contributed by atoms with Gasteiger partial charge in [0.05, 0.1) is 5.02 Å². The van der Waals surface area contributed by atoms with Gasteiger partial charge < -0.3 is 9.90 Å². The van der Waals surface area contributed by atoms with Crippen LogP contribution in [-0.2, 0) is 11.2 Å². The van der Waals surface area contributed by atoms with Crippen molar-refractivity contribution in [1.29, 1.82) is 0 Å². The van der Waals surface area contributed by atoms with Gasteiger partial charge in [-0.25, -0.2) is 4.39 Å². The molecule has 0 amide bonds. The van der Waals surface area contributed by atoms with E-state index in [1.54, 1.807) is 0 Å². The Morgan fingerprint density at radius 1 is 1.46 bits per heavy atom. The second kappa shape index (κ2) is 3.94. The topological polar surface area (TPSA) is 37.3 Å². The predicted octanol–water partition coefficient (Wildman–Crippen LogP) is 2.58. The molecule has 0 spiro atoms. The number of phenols is 1. The van der Waals surface area contributed by atoms with Crippen LogP contribution in [0.25, 0.3) is 0 Å². The summed E-state index contributed by atoms with van der Waals surface area (Å²) < 4.78 is 12.9. The molecule has 0 saturated heterocycles. The van der Waals surface area contributed by atoms with Crippen molar-refractivity contribution in [2.45, 2.75) is 6.42 Å². The van der Waals surface area contributed by atoms with E-state index in [1.165, 1.54) is 0 Å². The minimum atomic E-state index is -0.749. The molecule has 13 heavy (non-hydrogen) atoms. The van der Waals surface area contributed by atoms with Gasteiger partial charge in [-0.2, -0.15) is 0 Å². The van der Waals surface area contributed by atoms with Gasteiger partial charge in [-0.05, 0) is 6.07 Å². The number of rotatable bonds is 2. The quantitative estimate of drug-likeness (QED) is 0.617. The molecule has 0 bridgehead atoms. The summed E-state index contributed by atoms with van der Waals surface area (Å²) in [5.74, 6) is -1.10. The predicted molar refractivity (Wildman–Crippen MR) is 47.9 cm³/mol. The van der Waals surface area contributed by atoms with Crippen LogP contribution in [0.5, 0.6) is 5.75 Å². The van der Waals surface area contributed by atoms with Crippen LogP contribution < -0.4 is 0 Å². The number of aldehydes is 1. The van der Waals surface area contributed by atoms with Crippen LogP contribution in [0.15, 0.2) is 6.07 Å². The lowest BCUT2D eigenvalue weighted by Crippen LogP contribution is -1.91. The fraction of sp³-hybridized carbons (Fsp3) is 0.125. The van der Waals surface area contributed by atoms with E-state index in [0.29, 0.717) is 6.29 Å². The summed E-state index contributed by atoms with van der Waals surface area (Å²) in [5, 5.41) is 8.69. The molecule has 1 rings (SSSR count). The fourth-order valence-corrected chi connectivity index (χ4v) is 1.24. The zero-order valence-corrected chi connectivity index (χ0v) is 7.86. The Labute approximate surface area is 83.9 Å². The molecule has 0 aliphatic rings. The van der Waals surface area contributed by atoms with Crippen molar-refractivity contribution in [3.8, 4) is 5.75 Å². The first-order valence-electron chi connectivity index (χ1n) is 3.37. The number of halogens is 3. The molecule has 0 unspecified atom stereocenters. The van der Waals surface area contributed by atoms with Crippen molar-refractivity contribution in [3.05, 3.63) is 27.5 Å². The summed E-state index contributed by atoms with van der Waals surface area (Å²) in [7, 11) is 0. The molecule has 0 aliphatic heterocycles. The van der Waals surface area contributed by atoms with Crippen molar-refractivity contribution in [2.75, 3.05) is 0 Å². The van der Waals surface area contributed by atoms with Crippen LogP contribution in [0.4, 0.5) is 4.39 Å². The van der Waals surface area contributed by atoms with E-state index in [4.69, 9.17) is 23.2 Å². The average Bonchev–Trinajstić information content (AvgIpc) is 2.11. The number of phenolic OH excluding ortho intramolecular Hbond substituents is 1. The van der Waals surface area contributed by atoms with Crippen molar-refractivity contribution >= 4 is 29.5 Å². The van der Waals surface area contributed by atoms with Crippen molar-refractivity contribution in [2.24, 2.45) is 0 Å². The molecule has 0 radical (unpaired) electrons. The first-order chi connectivity index (χ1) is 6.07. The van der Waals surface area contributed by atoms with Crippen LogP contribution in [0.2, 0.25) is 10.0 Å². The zero-order chi connectivity index (χ0) is 10.0. The monoisotopic (exact) mass is 222 g/mol. The Hall–Kier alpha value is -0.800. The molecule has 0 aromatic heterocycles. The maximum Gasteiger partial charge on any atom is 0.143 e. The molecular weight excluding hydrogens is 218 g/mol. The molecule has 0 fully saturated rings. The minimum Gasteiger partial charge on any atom is -0.506 e. The Balaban J connectivity index is 3.31. The standard InChI is InChI=1S/C8H5Cl2FO2/c9-6-5(11)3-4(1-2-12)8(13)7(6)10/h2-3,13H,1H2. The molecule has 0 heterocycles. The summed E-state index contributed by atoms with van der Waals surface area (Å²) in [4.78, 5) is 10.1. The molecule has 5 heteroatoms. The third-order valence-corrected chi connectivity index (χ3v) is 2.35. The van der Waals surface area contributed by atoms with Gasteiger partial charge in [0.2, 0.25) is 0 Å². The van der Waals surface area contributed by atoms with E-state index in [-0.39, 0.29) is 27.8 Å². The number of benzene rings is 1. The Morgan fingerprint density at radius 3 is 2.62 bits per heavy atom. The van der Waals surface area contributed by atoms with Gasteiger partial charge in [0, 0.05) is 12.0 Å². The molecule has 0 aliphatic carbocycles. The Kier molecular flexibility index (Phi) is 3.12. The van der Waals surface area contributed by atoms with Crippen LogP contribution >= 0.6 is 23.2 Å². The van der Waals surface area contributed by atoms with E-state index in [2.05, 4.69) is 0 Å². The van der Waals surface area contributed by atoms with Gasteiger partial charge >= 0.3 is 0 Å². The Bertz CT molecular complexity index is 352. The second-order valence-corrected chi connectivity index (χ2v) is 3.12. The summed E-state index contributed by atoms with van der Waals surface area (Å²) in [6.07, 6.45) is 0.443. The number of hydrogen-bond acceptors (Lipinski definition) is 2. The molecule has 1 aromatic carbocycles. The van der Waals surface area contributed by atoms with Crippen molar-refractivity contribution in [3.63, 3.8) is 0 Å². The third kappa shape index (κ3) is 1.92. The molecule has 0 atom stereocenters. The average molecular weight is 223 g/mol. The minimum absolute atomic E-state index is 0.0976. The van der Waals surface area contributed by atoms with Gasteiger partial charge in [-0.3, -0.25) is 0 Å². The fourth-order valence-electron chi connectivity index (χ4n) is 0.880. The third-order valence-electron chi connectivity index (χ3n) is 1.52. The summed E-state index contributed by atoms with van der Waals surface area (Å²) in [5.41, 5.74) is 0.127. The van der Waals surface area contributed by atoms with Gasteiger partial charge in [-0.1, -0.05) is 23.2 Å². The van der Waals surface area contributed by atoms with Crippen LogP contribution in [0.1, 0.15) is 5.56 Å². The number of aromatic hydroxyl groups is 1. The molecule has 1 aromatic rings. The smallest absolute Gasteiger partial charge is 0.143 e. The van der Waals surface area contributed by atoms with Gasteiger partial charge in [0.15, 0.2) is 0 Å². The highest BCUT2D eigenvalue weighted by atomic mass is 35.5. The first kappa shape index (κ1) is 10.3. The van der Waals surface area contributed by atoms with E-state index in [0.717, 1.165) is 6.07 Å². The largest absolute Gasteiger partial charge is 0.506 e. The number of carbonyl (C=O) groups excluding carboxylic acids is 1. The maximum atomic E-state index is 12.9.